The van der Waals surface area contributed by atoms with Gasteiger partial charge in [0, 0.05) is 0 Å². The zero-order valence-electron chi connectivity index (χ0n) is 11.3. The van der Waals surface area contributed by atoms with Crippen molar-refractivity contribution in [3.63, 3.8) is 0 Å². The number of aliphatic carboxylic acids is 2. The molecule has 1 aromatic carbocycles. The van der Waals surface area contributed by atoms with E-state index in [2.05, 4.69) is 0 Å². The molecule has 6 heteroatoms. The van der Waals surface area contributed by atoms with E-state index >= 15 is 0 Å². The van der Waals surface area contributed by atoms with Gasteiger partial charge in [-0.05, 0) is 25.0 Å². The maximum atomic E-state index is 11.1. The molecule has 2 atom stereocenters. The molecule has 0 aliphatic carbocycles. The van der Waals surface area contributed by atoms with Crippen LogP contribution < -0.4 is 0 Å². The number of aliphatic hydroxyl groups excluding tert-OH is 2. The van der Waals surface area contributed by atoms with Crippen LogP contribution in [0.1, 0.15) is 37.5 Å². The van der Waals surface area contributed by atoms with Crippen LogP contribution in [0.15, 0.2) is 24.3 Å². The highest BCUT2D eigenvalue weighted by Gasteiger charge is 2.29. The second-order valence-corrected chi connectivity index (χ2v) is 5.16. The van der Waals surface area contributed by atoms with E-state index in [1.165, 1.54) is 12.1 Å². The van der Waals surface area contributed by atoms with Crippen molar-refractivity contribution < 1.29 is 30.0 Å². The summed E-state index contributed by atoms with van der Waals surface area (Å²) >= 11 is 0. The molecule has 0 amide bonds. The first-order valence-corrected chi connectivity index (χ1v) is 6.08. The average molecular weight is 282 g/mol. The molecule has 0 aliphatic heterocycles. The Hall–Kier alpha value is -1.92. The lowest BCUT2D eigenvalue weighted by Gasteiger charge is -2.21. The molecule has 0 spiro atoms. The summed E-state index contributed by atoms with van der Waals surface area (Å²) in [5, 5.41) is 37.0. The van der Waals surface area contributed by atoms with E-state index in [1.54, 1.807) is 26.0 Å². The van der Waals surface area contributed by atoms with Crippen LogP contribution in [-0.2, 0) is 15.0 Å². The number of hydrogen-bond acceptors (Lipinski definition) is 4. The summed E-state index contributed by atoms with van der Waals surface area (Å²) < 4.78 is 0. The summed E-state index contributed by atoms with van der Waals surface area (Å²) in [6, 6.07) is 6.05. The van der Waals surface area contributed by atoms with E-state index in [1.807, 2.05) is 0 Å². The van der Waals surface area contributed by atoms with Crippen LogP contribution in [0.5, 0.6) is 0 Å². The Bertz CT molecular complexity index is 491. The van der Waals surface area contributed by atoms with Crippen LogP contribution in [0, 0.1) is 0 Å². The Morgan fingerprint density at radius 1 is 1.10 bits per heavy atom. The van der Waals surface area contributed by atoms with Crippen molar-refractivity contribution in [3.05, 3.63) is 35.4 Å². The standard InChI is InChI=1S/C14H18O6/c1-14(2,13(19)20)9-5-3-8(4-6-9)12(18)10(15)7-11(16)17/h3-6,10,12,15,18H,7H2,1-2H3,(H,16,17)(H,19,20). The van der Waals surface area contributed by atoms with E-state index in [0.29, 0.717) is 11.1 Å². The lowest BCUT2D eigenvalue weighted by molar-refractivity contribution is -0.143. The molecule has 4 N–H and O–H groups in total. The van der Waals surface area contributed by atoms with Crippen molar-refractivity contribution in [2.45, 2.75) is 37.9 Å². The minimum Gasteiger partial charge on any atom is -0.481 e. The van der Waals surface area contributed by atoms with Crippen molar-refractivity contribution in [1.29, 1.82) is 0 Å². The van der Waals surface area contributed by atoms with Crippen LogP contribution in [0.25, 0.3) is 0 Å². The van der Waals surface area contributed by atoms with Gasteiger partial charge in [0.1, 0.15) is 6.10 Å². The van der Waals surface area contributed by atoms with Gasteiger partial charge in [-0.1, -0.05) is 24.3 Å². The van der Waals surface area contributed by atoms with Crippen molar-refractivity contribution in [2.24, 2.45) is 0 Å². The van der Waals surface area contributed by atoms with Crippen molar-refractivity contribution in [3.8, 4) is 0 Å². The van der Waals surface area contributed by atoms with Crippen LogP contribution in [-0.4, -0.2) is 38.5 Å². The topological polar surface area (TPSA) is 115 Å². The van der Waals surface area contributed by atoms with Crippen molar-refractivity contribution in [1.82, 2.24) is 0 Å². The van der Waals surface area contributed by atoms with Crippen molar-refractivity contribution in [2.75, 3.05) is 0 Å². The Morgan fingerprint density at radius 3 is 2.00 bits per heavy atom. The third kappa shape index (κ3) is 3.55. The molecule has 0 bridgehead atoms. The number of rotatable bonds is 6. The number of carbonyl (C=O) groups is 2. The number of aliphatic hydroxyl groups is 2. The Labute approximate surface area is 116 Å². The molecule has 1 rings (SSSR count). The molecule has 0 aliphatic rings. The quantitative estimate of drug-likeness (QED) is 0.616. The second-order valence-electron chi connectivity index (χ2n) is 5.16. The van der Waals surface area contributed by atoms with E-state index in [4.69, 9.17) is 10.2 Å². The predicted octanol–water partition coefficient (Wildman–Crippen LogP) is 0.918. The van der Waals surface area contributed by atoms with Gasteiger partial charge in [-0.2, -0.15) is 0 Å². The Morgan fingerprint density at radius 2 is 1.60 bits per heavy atom. The monoisotopic (exact) mass is 282 g/mol. The summed E-state index contributed by atoms with van der Waals surface area (Å²) in [6.45, 7) is 3.11. The van der Waals surface area contributed by atoms with Gasteiger partial charge >= 0.3 is 11.9 Å². The number of carboxylic acid groups (broad SMARTS) is 2. The fourth-order valence-corrected chi connectivity index (χ4v) is 1.73. The molecule has 0 fully saturated rings. The van der Waals surface area contributed by atoms with Crippen LogP contribution in [0.3, 0.4) is 0 Å². The molecule has 0 aromatic heterocycles. The molecule has 0 saturated carbocycles. The predicted molar refractivity (Wildman–Crippen MR) is 70.3 cm³/mol. The Kier molecular flexibility index (Phi) is 4.86. The number of benzene rings is 1. The smallest absolute Gasteiger partial charge is 0.313 e. The molecule has 0 saturated heterocycles. The molecular formula is C14H18O6. The summed E-state index contributed by atoms with van der Waals surface area (Å²) in [7, 11) is 0. The SMILES string of the molecule is CC(C)(C(=O)O)c1ccc(C(O)C(O)CC(=O)O)cc1. The van der Waals surface area contributed by atoms with E-state index in [0.717, 1.165) is 0 Å². The van der Waals surface area contributed by atoms with Crippen molar-refractivity contribution >= 4 is 11.9 Å². The largest absolute Gasteiger partial charge is 0.481 e. The maximum absolute atomic E-state index is 11.1. The van der Waals surface area contributed by atoms with Gasteiger partial charge < -0.3 is 20.4 Å². The molecule has 0 radical (unpaired) electrons. The first-order chi connectivity index (χ1) is 9.16. The maximum Gasteiger partial charge on any atom is 0.313 e. The van der Waals surface area contributed by atoms with Gasteiger partial charge in [-0.15, -0.1) is 0 Å². The minimum absolute atomic E-state index is 0.337. The van der Waals surface area contributed by atoms with Crippen LogP contribution >= 0.6 is 0 Å². The lowest BCUT2D eigenvalue weighted by atomic mass is 9.84. The summed E-state index contributed by atoms with van der Waals surface area (Å²) in [6.07, 6.45) is -3.30. The summed E-state index contributed by atoms with van der Waals surface area (Å²) in [5.74, 6) is -2.18. The van der Waals surface area contributed by atoms with Gasteiger partial charge in [0.25, 0.3) is 0 Å². The molecule has 20 heavy (non-hydrogen) atoms. The highest BCUT2D eigenvalue weighted by atomic mass is 16.4. The number of carboxylic acids is 2. The zero-order valence-corrected chi connectivity index (χ0v) is 11.3. The fraction of sp³-hybridized carbons (Fsp3) is 0.429. The van der Waals surface area contributed by atoms with E-state index in [9.17, 15) is 19.8 Å². The highest BCUT2D eigenvalue weighted by Crippen LogP contribution is 2.26. The third-order valence-corrected chi connectivity index (χ3v) is 3.26. The average Bonchev–Trinajstić information content (AvgIpc) is 2.37. The number of hydrogen-bond donors (Lipinski definition) is 4. The van der Waals surface area contributed by atoms with E-state index in [-0.39, 0.29) is 0 Å². The molecular weight excluding hydrogens is 264 g/mol. The molecule has 2 unspecified atom stereocenters. The first-order valence-electron chi connectivity index (χ1n) is 6.08. The summed E-state index contributed by atoms with van der Waals surface area (Å²) in [4.78, 5) is 21.6. The molecule has 0 heterocycles. The molecule has 1 aromatic rings. The third-order valence-electron chi connectivity index (χ3n) is 3.26. The van der Waals surface area contributed by atoms with Gasteiger partial charge in [-0.25, -0.2) is 0 Å². The fourth-order valence-electron chi connectivity index (χ4n) is 1.73. The van der Waals surface area contributed by atoms with Gasteiger partial charge in [0.2, 0.25) is 0 Å². The normalized spacial score (nSPS) is 14.6. The van der Waals surface area contributed by atoms with Crippen LogP contribution in [0.2, 0.25) is 0 Å². The van der Waals surface area contributed by atoms with E-state index < -0.39 is 36.0 Å². The minimum atomic E-state index is -1.41. The summed E-state index contributed by atoms with van der Waals surface area (Å²) in [5.41, 5.74) is -0.180. The molecule has 110 valence electrons. The zero-order chi connectivity index (χ0) is 15.5. The lowest BCUT2D eigenvalue weighted by Crippen LogP contribution is -2.28. The molecule has 6 nitrogen and oxygen atoms in total. The highest BCUT2D eigenvalue weighted by molar-refractivity contribution is 5.80. The first kappa shape index (κ1) is 16.1. The Balaban J connectivity index is 2.91. The van der Waals surface area contributed by atoms with Gasteiger partial charge in [0.15, 0.2) is 0 Å². The van der Waals surface area contributed by atoms with Gasteiger partial charge in [-0.3, -0.25) is 9.59 Å². The van der Waals surface area contributed by atoms with Crippen LogP contribution in [0.4, 0.5) is 0 Å². The van der Waals surface area contributed by atoms with Gasteiger partial charge in [0.05, 0.1) is 17.9 Å². The second kappa shape index (κ2) is 6.02.